The van der Waals surface area contributed by atoms with E-state index in [0.717, 1.165) is 12.8 Å². The summed E-state index contributed by atoms with van der Waals surface area (Å²) in [5, 5.41) is 2.92. The number of pyridine rings is 1. The lowest BCUT2D eigenvalue weighted by Crippen LogP contribution is -2.46. The summed E-state index contributed by atoms with van der Waals surface area (Å²) in [5.74, 6) is -0.516. The number of aryl methyl sites for hydroxylation is 1. The molecule has 0 saturated carbocycles. The van der Waals surface area contributed by atoms with Crippen LogP contribution >= 0.6 is 12.2 Å². The van der Waals surface area contributed by atoms with Crippen LogP contribution in [-0.4, -0.2) is 23.1 Å². The van der Waals surface area contributed by atoms with Crippen molar-refractivity contribution in [2.45, 2.75) is 26.2 Å². The Morgan fingerprint density at radius 3 is 2.74 bits per heavy atom. The van der Waals surface area contributed by atoms with Crippen molar-refractivity contribution in [1.82, 2.24) is 21.2 Å². The van der Waals surface area contributed by atoms with Crippen LogP contribution in [0.2, 0.25) is 0 Å². The standard InChI is InChI=1S/C12H18N4O2S/c1-3-4-5-8-6-14-7-9(10(8)17)11(18)15-16-12(19)13-2/h6-7H,3-5H2,1-2H3,(H,14,17)(H,15,18)(H2,13,16,19). The van der Waals surface area contributed by atoms with Crippen molar-refractivity contribution < 1.29 is 4.79 Å². The molecule has 1 rings (SSSR count). The van der Waals surface area contributed by atoms with E-state index >= 15 is 0 Å². The van der Waals surface area contributed by atoms with E-state index < -0.39 is 5.91 Å². The van der Waals surface area contributed by atoms with Gasteiger partial charge < -0.3 is 10.3 Å². The zero-order valence-corrected chi connectivity index (χ0v) is 11.8. The molecule has 1 aromatic heterocycles. The molecule has 0 aliphatic carbocycles. The molecule has 0 aliphatic heterocycles. The minimum absolute atomic E-state index is 0.0695. The van der Waals surface area contributed by atoms with Gasteiger partial charge in [0.05, 0.1) is 0 Å². The number of carbonyl (C=O) groups excluding carboxylic acids is 1. The van der Waals surface area contributed by atoms with E-state index in [1.807, 2.05) is 6.92 Å². The zero-order valence-electron chi connectivity index (χ0n) is 11.0. The summed E-state index contributed by atoms with van der Waals surface area (Å²) in [7, 11) is 1.62. The van der Waals surface area contributed by atoms with E-state index in [1.54, 1.807) is 13.2 Å². The molecular weight excluding hydrogens is 264 g/mol. The van der Waals surface area contributed by atoms with Gasteiger partial charge >= 0.3 is 0 Å². The maximum absolute atomic E-state index is 12.1. The van der Waals surface area contributed by atoms with Gasteiger partial charge in [-0.05, 0) is 25.1 Å². The number of thiocarbonyl (C=S) groups is 1. The monoisotopic (exact) mass is 282 g/mol. The maximum atomic E-state index is 12.1. The Kier molecular flexibility index (Phi) is 6.01. The second-order valence-electron chi connectivity index (χ2n) is 3.99. The van der Waals surface area contributed by atoms with Crippen molar-refractivity contribution in [3.8, 4) is 0 Å². The number of hydrogen-bond donors (Lipinski definition) is 4. The molecule has 0 spiro atoms. The smallest absolute Gasteiger partial charge is 0.275 e. The van der Waals surface area contributed by atoms with Crippen molar-refractivity contribution in [3.63, 3.8) is 0 Å². The first kappa shape index (κ1) is 15.2. The summed E-state index contributed by atoms with van der Waals surface area (Å²) in [6.07, 6.45) is 5.59. The summed E-state index contributed by atoms with van der Waals surface area (Å²) in [6, 6.07) is 0. The quantitative estimate of drug-likeness (QED) is 0.476. The molecule has 0 atom stereocenters. The van der Waals surface area contributed by atoms with Crippen molar-refractivity contribution >= 4 is 23.2 Å². The van der Waals surface area contributed by atoms with Gasteiger partial charge in [-0.3, -0.25) is 20.4 Å². The Labute approximate surface area is 117 Å². The highest BCUT2D eigenvalue weighted by Crippen LogP contribution is 2.00. The van der Waals surface area contributed by atoms with Crippen LogP contribution in [0.1, 0.15) is 35.7 Å². The number of carbonyl (C=O) groups is 1. The zero-order chi connectivity index (χ0) is 14.3. The molecular formula is C12H18N4O2S. The first-order chi connectivity index (χ1) is 9.10. The van der Waals surface area contributed by atoms with Gasteiger partial charge in [0, 0.05) is 25.0 Å². The van der Waals surface area contributed by atoms with Crippen LogP contribution < -0.4 is 21.6 Å². The van der Waals surface area contributed by atoms with Crippen molar-refractivity contribution in [1.29, 1.82) is 0 Å². The largest absolute Gasteiger partial charge is 0.366 e. The molecule has 4 N–H and O–H groups in total. The van der Waals surface area contributed by atoms with Gasteiger partial charge in [0.25, 0.3) is 5.91 Å². The molecule has 19 heavy (non-hydrogen) atoms. The van der Waals surface area contributed by atoms with E-state index in [2.05, 4.69) is 21.2 Å². The van der Waals surface area contributed by atoms with E-state index in [0.29, 0.717) is 12.0 Å². The van der Waals surface area contributed by atoms with Gasteiger partial charge in [0.15, 0.2) is 10.5 Å². The van der Waals surface area contributed by atoms with Gasteiger partial charge in [0.2, 0.25) is 0 Å². The molecule has 0 saturated heterocycles. The molecule has 1 amide bonds. The number of hydrazine groups is 1. The van der Waals surface area contributed by atoms with Gasteiger partial charge in [-0.2, -0.15) is 0 Å². The molecule has 0 bridgehead atoms. The molecule has 0 aromatic carbocycles. The number of H-pyrrole nitrogens is 1. The molecule has 104 valence electrons. The predicted molar refractivity (Wildman–Crippen MR) is 77.9 cm³/mol. The highest BCUT2D eigenvalue weighted by molar-refractivity contribution is 7.80. The predicted octanol–water partition coefficient (Wildman–Crippen LogP) is 0.456. The second kappa shape index (κ2) is 7.52. The van der Waals surface area contributed by atoms with Gasteiger partial charge in [-0.1, -0.05) is 13.3 Å². The number of amides is 1. The molecule has 0 unspecified atom stereocenters. The third-order valence-electron chi connectivity index (χ3n) is 2.58. The van der Waals surface area contributed by atoms with E-state index in [4.69, 9.17) is 12.2 Å². The Balaban J connectivity index is 2.80. The van der Waals surface area contributed by atoms with Gasteiger partial charge in [-0.15, -0.1) is 0 Å². The Hall–Kier alpha value is -1.89. The average Bonchev–Trinajstić information content (AvgIpc) is 2.43. The third-order valence-corrected chi connectivity index (χ3v) is 2.89. The van der Waals surface area contributed by atoms with Crippen LogP contribution in [0.4, 0.5) is 0 Å². The summed E-state index contributed by atoms with van der Waals surface area (Å²) in [6.45, 7) is 2.05. The van der Waals surface area contributed by atoms with Crippen molar-refractivity contribution in [2.24, 2.45) is 0 Å². The fourth-order valence-corrected chi connectivity index (χ4v) is 1.55. The second-order valence-corrected chi connectivity index (χ2v) is 4.39. The Morgan fingerprint density at radius 2 is 2.11 bits per heavy atom. The van der Waals surface area contributed by atoms with Crippen molar-refractivity contribution in [3.05, 3.63) is 33.7 Å². The van der Waals surface area contributed by atoms with Crippen LogP contribution in [0.3, 0.4) is 0 Å². The van der Waals surface area contributed by atoms with Crippen LogP contribution in [0, 0.1) is 0 Å². The Bertz CT molecular complexity index is 513. The topological polar surface area (TPSA) is 86.0 Å². The number of unbranched alkanes of at least 4 members (excludes halogenated alkanes) is 1. The summed E-state index contributed by atoms with van der Waals surface area (Å²) < 4.78 is 0. The molecule has 1 heterocycles. The number of rotatable bonds is 4. The fraction of sp³-hybridized carbons (Fsp3) is 0.417. The SMILES string of the molecule is CCCCc1c[nH]cc(C(=O)NNC(=S)NC)c1=O. The molecule has 0 fully saturated rings. The maximum Gasteiger partial charge on any atom is 0.275 e. The number of hydrogen-bond acceptors (Lipinski definition) is 3. The summed E-state index contributed by atoms with van der Waals surface area (Å²) in [5.41, 5.74) is 5.29. The first-order valence-corrected chi connectivity index (χ1v) is 6.49. The molecule has 6 nitrogen and oxygen atoms in total. The minimum atomic E-state index is -0.516. The lowest BCUT2D eigenvalue weighted by molar-refractivity contribution is 0.0942. The number of aromatic nitrogens is 1. The van der Waals surface area contributed by atoms with Gasteiger partial charge in [0.1, 0.15) is 5.56 Å². The molecule has 7 heteroatoms. The fourth-order valence-electron chi connectivity index (χ4n) is 1.49. The lowest BCUT2D eigenvalue weighted by atomic mass is 10.1. The number of nitrogens with one attached hydrogen (secondary N) is 4. The highest BCUT2D eigenvalue weighted by Gasteiger charge is 2.12. The average molecular weight is 282 g/mol. The van der Waals surface area contributed by atoms with Crippen LogP contribution in [0.25, 0.3) is 0 Å². The van der Waals surface area contributed by atoms with E-state index in [9.17, 15) is 9.59 Å². The third kappa shape index (κ3) is 4.36. The van der Waals surface area contributed by atoms with Crippen LogP contribution in [0.15, 0.2) is 17.2 Å². The summed E-state index contributed by atoms with van der Waals surface area (Å²) >= 11 is 4.82. The highest BCUT2D eigenvalue weighted by atomic mass is 32.1. The van der Waals surface area contributed by atoms with Crippen LogP contribution in [0.5, 0.6) is 0 Å². The number of aromatic amines is 1. The van der Waals surface area contributed by atoms with Crippen LogP contribution in [-0.2, 0) is 6.42 Å². The molecule has 0 radical (unpaired) electrons. The summed E-state index contributed by atoms with van der Waals surface area (Å²) in [4.78, 5) is 26.7. The van der Waals surface area contributed by atoms with E-state index in [-0.39, 0.29) is 16.1 Å². The normalized spacial score (nSPS) is 9.79. The van der Waals surface area contributed by atoms with E-state index in [1.165, 1.54) is 6.20 Å². The van der Waals surface area contributed by atoms with Gasteiger partial charge in [-0.25, -0.2) is 0 Å². The van der Waals surface area contributed by atoms with Crippen molar-refractivity contribution in [2.75, 3.05) is 7.05 Å². The molecule has 1 aromatic rings. The Morgan fingerprint density at radius 1 is 1.37 bits per heavy atom. The lowest BCUT2D eigenvalue weighted by Gasteiger charge is -2.09. The minimum Gasteiger partial charge on any atom is -0.366 e. The molecule has 0 aliphatic rings. The first-order valence-electron chi connectivity index (χ1n) is 6.08.